The van der Waals surface area contributed by atoms with E-state index in [-0.39, 0.29) is 11.9 Å². The minimum Gasteiger partial charge on any atom is -0.352 e. The van der Waals surface area contributed by atoms with Gasteiger partial charge in [-0.2, -0.15) is 5.10 Å². The molecule has 2 heterocycles. The van der Waals surface area contributed by atoms with Gasteiger partial charge in [0.05, 0.1) is 17.9 Å². The average Bonchev–Trinajstić information content (AvgIpc) is 3.20. The molecule has 0 spiro atoms. The molecule has 1 saturated carbocycles. The number of aromatic nitrogens is 3. The van der Waals surface area contributed by atoms with E-state index in [1.165, 1.54) is 0 Å². The van der Waals surface area contributed by atoms with Crippen molar-refractivity contribution >= 4 is 5.91 Å². The van der Waals surface area contributed by atoms with Crippen molar-refractivity contribution in [2.24, 2.45) is 0 Å². The number of amides is 1. The number of aromatic amines is 1. The highest BCUT2D eigenvalue weighted by Gasteiger charge is 2.25. The van der Waals surface area contributed by atoms with Crippen LogP contribution in [0.3, 0.4) is 0 Å². The van der Waals surface area contributed by atoms with Gasteiger partial charge in [0.25, 0.3) is 0 Å². The summed E-state index contributed by atoms with van der Waals surface area (Å²) in [6.07, 6.45) is 7.51. The second-order valence-corrected chi connectivity index (χ2v) is 5.40. The van der Waals surface area contributed by atoms with Crippen molar-refractivity contribution < 1.29 is 4.79 Å². The maximum Gasteiger partial charge on any atom is 0.237 e. The molecular formula is C15H19N5O. The molecular weight excluding hydrogens is 266 g/mol. The highest BCUT2D eigenvalue weighted by molar-refractivity contribution is 5.81. The van der Waals surface area contributed by atoms with E-state index in [9.17, 15) is 4.79 Å². The largest absolute Gasteiger partial charge is 0.352 e. The Labute approximate surface area is 123 Å². The Morgan fingerprint density at radius 2 is 2.33 bits per heavy atom. The van der Waals surface area contributed by atoms with Crippen molar-refractivity contribution in [1.29, 1.82) is 0 Å². The van der Waals surface area contributed by atoms with Crippen LogP contribution in [0.15, 0.2) is 30.7 Å². The lowest BCUT2D eigenvalue weighted by Gasteiger charge is -2.13. The van der Waals surface area contributed by atoms with Gasteiger partial charge >= 0.3 is 0 Å². The van der Waals surface area contributed by atoms with Gasteiger partial charge in [-0.15, -0.1) is 0 Å². The molecule has 0 saturated heterocycles. The summed E-state index contributed by atoms with van der Waals surface area (Å²) in [6, 6.07) is 4.04. The van der Waals surface area contributed by atoms with Crippen LogP contribution in [0.25, 0.3) is 11.3 Å². The topological polar surface area (TPSA) is 82.7 Å². The average molecular weight is 285 g/mol. The first-order valence-electron chi connectivity index (χ1n) is 7.20. The summed E-state index contributed by atoms with van der Waals surface area (Å²) in [5, 5.41) is 13.3. The van der Waals surface area contributed by atoms with Crippen molar-refractivity contribution in [3.05, 3.63) is 36.3 Å². The van der Waals surface area contributed by atoms with E-state index < -0.39 is 0 Å². The van der Waals surface area contributed by atoms with Crippen molar-refractivity contribution in [2.45, 2.75) is 38.4 Å². The van der Waals surface area contributed by atoms with Gasteiger partial charge in [-0.25, -0.2) is 0 Å². The van der Waals surface area contributed by atoms with Crippen LogP contribution in [0.4, 0.5) is 0 Å². The first-order valence-corrected chi connectivity index (χ1v) is 7.20. The van der Waals surface area contributed by atoms with E-state index in [2.05, 4.69) is 25.8 Å². The van der Waals surface area contributed by atoms with Crippen LogP contribution in [-0.4, -0.2) is 33.2 Å². The highest BCUT2D eigenvalue weighted by Crippen LogP contribution is 2.20. The maximum atomic E-state index is 11.9. The Kier molecular flexibility index (Phi) is 3.96. The summed E-state index contributed by atoms with van der Waals surface area (Å²) < 4.78 is 0. The van der Waals surface area contributed by atoms with Crippen LogP contribution in [0.5, 0.6) is 0 Å². The Bertz CT molecular complexity index is 606. The molecule has 3 N–H and O–H groups in total. The van der Waals surface area contributed by atoms with E-state index in [1.54, 1.807) is 18.6 Å². The number of H-pyrrole nitrogens is 1. The fraction of sp³-hybridized carbons (Fsp3) is 0.400. The summed E-state index contributed by atoms with van der Waals surface area (Å²) in [6.45, 7) is 2.46. The first kappa shape index (κ1) is 13.8. The van der Waals surface area contributed by atoms with E-state index in [4.69, 9.17) is 0 Å². The predicted molar refractivity (Wildman–Crippen MR) is 79.3 cm³/mol. The zero-order valence-electron chi connectivity index (χ0n) is 12.0. The molecule has 2 aromatic heterocycles. The molecule has 1 fully saturated rings. The number of carbonyl (C=O) groups excluding carboxylic acids is 1. The van der Waals surface area contributed by atoms with Crippen molar-refractivity contribution in [2.75, 3.05) is 0 Å². The lowest BCUT2D eigenvalue weighted by molar-refractivity contribution is -0.122. The number of nitrogens with zero attached hydrogens (tertiary/aromatic N) is 2. The zero-order chi connectivity index (χ0) is 14.7. The predicted octanol–water partition coefficient (Wildman–Crippen LogP) is 1.23. The van der Waals surface area contributed by atoms with Gasteiger partial charge in [0.1, 0.15) is 0 Å². The van der Waals surface area contributed by atoms with Crippen LogP contribution in [0, 0.1) is 0 Å². The fourth-order valence-corrected chi connectivity index (χ4v) is 2.12. The number of carbonyl (C=O) groups is 1. The molecule has 21 heavy (non-hydrogen) atoms. The van der Waals surface area contributed by atoms with E-state index in [1.807, 2.05) is 19.1 Å². The van der Waals surface area contributed by atoms with Gasteiger partial charge < -0.3 is 10.6 Å². The number of hydrogen-bond acceptors (Lipinski definition) is 4. The van der Waals surface area contributed by atoms with Crippen LogP contribution in [-0.2, 0) is 11.3 Å². The summed E-state index contributed by atoms with van der Waals surface area (Å²) >= 11 is 0. The number of nitrogens with one attached hydrogen (secondary N) is 3. The van der Waals surface area contributed by atoms with Crippen LogP contribution >= 0.6 is 0 Å². The number of pyridine rings is 1. The summed E-state index contributed by atoms with van der Waals surface area (Å²) in [4.78, 5) is 16.0. The summed E-state index contributed by atoms with van der Waals surface area (Å²) in [5.74, 6) is 0.0592. The maximum absolute atomic E-state index is 11.9. The second-order valence-electron chi connectivity index (χ2n) is 5.40. The van der Waals surface area contributed by atoms with Gasteiger partial charge in [0, 0.05) is 36.1 Å². The quantitative estimate of drug-likeness (QED) is 0.745. The normalized spacial score (nSPS) is 15.7. The minimum absolute atomic E-state index is 0.0592. The van der Waals surface area contributed by atoms with Crippen molar-refractivity contribution in [3.63, 3.8) is 0 Å². The van der Waals surface area contributed by atoms with E-state index in [0.29, 0.717) is 12.6 Å². The molecule has 2 aromatic rings. The van der Waals surface area contributed by atoms with Gasteiger partial charge in [-0.05, 0) is 31.9 Å². The highest BCUT2D eigenvalue weighted by atomic mass is 16.2. The zero-order valence-corrected chi connectivity index (χ0v) is 12.0. The molecule has 0 radical (unpaired) electrons. The lowest BCUT2D eigenvalue weighted by Crippen LogP contribution is -2.42. The molecule has 1 aliphatic carbocycles. The molecule has 6 heteroatoms. The summed E-state index contributed by atoms with van der Waals surface area (Å²) in [5.41, 5.74) is 2.95. The monoisotopic (exact) mass is 285 g/mol. The van der Waals surface area contributed by atoms with Gasteiger partial charge in [-0.1, -0.05) is 0 Å². The Hall–Kier alpha value is -2.21. The molecule has 110 valence electrons. The fourth-order valence-electron chi connectivity index (χ4n) is 2.12. The van der Waals surface area contributed by atoms with Gasteiger partial charge in [-0.3, -0.25) is 14.9 Å². The van der Waals surface area contributed by atoms with E-state index >= 15 is 0 Å². The third kappa shape index (κ3) is 3.46. The molecule has 3 rings (SSSR count). The number of rotatable bonds is 6. The molecule has 1 unspecified atom stereocenters. The Morgan fingerprint density at radius 1 is 1.48 bits per heavy atom. The summed E-state index contributed by atoms with van der Waals surface area (Å²) in [7, 11) is 0. The van der Waals surface area contributed by atoms with Gasteiger partial charge in [0.15, 0.2) is 0 Å². The third-order valence-electron chi connectivity index (χ3n) is 3.58. The van der Waals surface area contributed by atoms with Crippen LogP contribution in [0.1, 0.15) is 25.3 Å². The van der Waals surface area contributed by atoms with Crippen LogP contribution in [0.2, 0.25) is 0 Å². The number of hydrogen-bond donors (Lipinski definition) is 3. The molecule has 0 aliphatic heterocycles. The van der Waals surface area contributed by atoms with Crippen molar-refractivity contribution in [1.82, 2.24) is 25.8 Å². The first-order chi connectivity index (χ1) is 10.2. The second kappa shape index (κ2) is 6.05. The third-order valence-corrected chi connectivity index (χ3v) is 3.58. The van der Waals surface area contributed by atoms with E-state index in [0.717, 1.165) is 29.7 Å². The minimum atomic E-state index is -0.220. The Balaban J connectivity index is 1.60. The SMILES string of the molecule is CC(NCc1cn[nH]c1-c1cccnc1)C(=O)NC1CC1. The smallest absolute Gasteiger partial charge is 0.237 e. The lowest BCUT2D eigenvalue weighted by atomic mass is 10.1. The molecule has 0 aromatic carbocycles. The molecule has 1 amide bonds. The van der Waals surface area contributed by atoms with Gasteiger partial charge in [0.2, 0.25) is 5.91 Å². The standard InChI is InChI=1S/C15H19N5O/c1-10(15(21)19-13-4-5-13)17-8-12-9-18-20-14(12)11-3-2-6-16-7-11/h2-3,6-7,9-10,13,17H,4-5,8H2,1H3,(H,18,20)(H,19,21). The van der Waals surface area contributed by atoms with Crippen LogP contribution < -0.4 is 10.6 Å². The molecule has 0 bridgehead atoms. The van der Waals surface area contributed by atoms with Crippen molar-refractivity contribution in [3.8, 4) is 11.3 Å². The Morgan fingerprint density at radius 3 is 3.05 bits per heavy atom. The molecule has 1 aliphatic rings. The molecule has 6 nitrogen and oxygen atoms in total. The molecule has 1 atom stereocenters.